The summed E-state index contributed by atoms with van der Waals surface area (Å²) in [5, 5.41) is 11.0. The zero-order valence-corrected chi connectivity index (χ0v) is 18.7. The summed E-state index contributed by atoms with van der Waals surface area (Å²) in [5.41, 5.74) is 1.33. The van der Waals surface area contributed by atoms with Crippen molar-refractivity contribution in [3.63, 3.8) is 0 Å². The van der Waals surface area contributed by atoms with E-state index in [2.05, 4.69) is 4.90 Å². The Morgan fingerprint density at radius 2 is 1.64 bits per heavy atom. The molecule has 1 fully saturated rings. The van der Waals surface area contributed by atoms with Crippen LogP contribution in [-0.4, -0.2) is 37.4 Å². The first-order valence-corrected chi connectivity index (χ1v) is 12.1. The topological polar surface area (TPSA) is 83.8 Å². The molecule has 0 saturated carbocycles. The number of non-ortho nitro benzene ring substituents is 1. The van der Waals surface area contributed by atoms with E-state index in [9.17, 15) is 22.9 Å². The first-order valence-electron chi connectivity index (χ1n) is 10.7. The van der Waals surface area contributed by atoms with Gasteiger partial charge in [-0.3, -0.25) is 19.3 Å². The molecule has 4 rings (SSSR count). The molecular formula is C24H24FN3O4S. The van der Waals surface area contributed by atoms with Gasteiger partial charge in [0, 0.05) is 37.8 Å². The maximum Gasteiger partial charge on any atom is 0.269 e. The van der Waals surface area contributed by atoms with Crippen LogP contribution < -0.4 is 4.31 Å². The van der Waals surface area contributed by atoms with E-state index in [1.54, 1.807) is 42.5 Å². The lowest BCUT2D eigenvalue weighted by molar-refractivity contribution is -0.384. The Bertz CT molecular complexity index is 1210. The minimum atomic E-state index is -3.84. The van der Waals surface area contributed by atoms with Crippen LogP contribution in [0.2, 0.25) is 0 Å². The summed E-state index contributed by atoms with van der Waals surface area (Å²) in [6, 6.07) is 20.0. The van der Waals surface area contributed by atoms with E-state index in [-0.39, 0.29) is 16.6 Å². The predicted molar refractivity (Wildman–Crippen MR) is 124 cm³/mol. The van der Waals surface area contributed by atoms with Crippen LogP contribution in [0.25, 0.3) is 0 Å². The summed E-state index contributed by atoms with van der Waals surface area (Å²) in [4.78, 5) is 13.0. The highest BCUT2D eigenvalue weighted by atomic mass is 32.2. The van der Waals surface area contributed by atoms with Crippen LogP contribution in [0.5, 0.6) is 0 Å². The monoisotopic (exact) mass is 469 g/mol. The van der Waals surface area contributed by atoms with Crippen LogP contribution in [0, 0.1) is 15.9 Å². The number of hydrogen-bond acceptors (Lipinski definition) is 5. The number of likely N-dealkylation sites (tertiary alicyclic amines) is 1. The molecule has 1 aliphatic rings. The number of nitro groups is 1. The first kappa shape index (κ1) is 22.9. The van der Waals surface area contributed by atoms with Crippen molar-refractivity contribution in [1.82, 2.24) is 4.90 Å². The number of rotatable bonds is 7. The number of sulfonamides is 1. The highest BCUT2D eigenvalue weighted by molar-refractivity contribution is 7.92. The molecule has 0 N–H and O–H groups in total. The molecular weight excluding hydrogens is 445 g/mol. The normalized spacial score (nSPS) is 15.3. The van der Waals surface area contributed by atoms with Crippen molar-refractivity contribution in [3.05, 3.63) is 100 Å². The maximum atomic E-state index is 13.5. The number of nitro benzene ring substituents is 1. The van der Waals surface area contributed by atoms with Gasteiger partial charge in [0.2, 0.25) is 0 Å². The molecule has 0 atom stereocenters. The lowest BCUT2D eigenvalue weighted by Crippen LogP contribution is -2.47. The first-order chi connectivity index (χ1) is 15.8. The van der Waals surface area contributed by atoms with Gasteiger partial charge in [-0.15, -0.1) is 0 Å². The zero-order valence-electron chi connectivity index (χ0n) is 17.9. The number of piperidine rings is 1. The summed E-state index contributed by atoms with van der Waals surface area (Å²) in [5.74, 6) is -0.428. The summed E-state index contributed by atoms with van der Waals surface area (Å²) in [6.07, 6.45) is 1.16. The molecule has 1 aliphatic heterocycles. The highest BCUT2D eigenvalue weighted by Crippen LogP contribution is 2.31. The van der Waals surface area contributed by atoms with Gasteiger partial charge in [-0.1, -0.05) is 30.3 Å². The Labute approximate surface area is 192 Å². The zero-order chi connectivity index (χ0) is 23.4. The molecule has 1 heterocycles. The minimum Gasteiger partial charge on any atom is -0.299 e. The van der Waals surface area contributed by atoms with E-state index in [0.29, 0.717) is 38.2 Å². The van der Waals surface area contributed by atoms with Crippen LogP contribution in [-0.2, 0) is 16.6 Å². The molecule has 9 heteroatoms. The number of anilines is 1. The Balaban J connectivity index is 1.54. The molecule has 1 saturated heterocycles. The number of nitrogens with zero attached hydrogens (tertiary/aromatic N) is 3. The maximum absolute atomic E-state index is 13.5. The summed E-state index contributed by atoms with van der Waals surface area (Å²) >= 11 is 0. The van der Waals surface area contributed by atoms with Gasteiger partial charge in [0.25, 0.3) is 15.7 Å². The average molecular weight is 470 g/mol. The van der Waals surface area contributed by atoms with E-state index in [4.69, 9.17) is 0 Å². The summed E-state index contributed by atoms with van der Waals surface area (Å²) in [6.45, 7) is 1.82. The summed E-state index contributed by atoms with van der Waals surface area (Å²) in [7, 11) is -3.84. The van der Waals surface area contributed by atoms with Crippen molar-refractivity contribution in [2.24, 2.45) is 0 Å². The van der Waals surface area contributed by atoms with Crippen LogP contribution in [0.3, 0.4) is 0 Å². The molecule has 33 heavy (non-hydrogen) atoms. The van der Waals surface area contributed by atoms with Gasteiger partial charge in [0.05, 0.1) is 15.5 Å². The van der Waals surface area contributed by atoms with Gasteiger partial charge in [0.1, 0.15) is 5.82 Å². The Morgan fingerprint density at radius 1 is 0.970 bits per heavy atom. The van der Waals surface area contributed by atoms with E-state index in [1.807, 2.05) is 6.07 Å². The fourth-order valence-corrected chi connectivity index (χ4v) is 5.91. The molecule has 0 aromatic heterocycles. The van der Waals surface area contributed by atoms with Crippen LogP contribution >= 0.6 is 0 Å². The van der Waals surface area contributed by atoms with E-state index < -0.39 is 20.8 Å². The van der Waals surface area contributed by atoms with Gasteiger partial charge < -0.3 is 0 Å². The molecule has 0 spiro atoms. The second-order valence-electron chi connectivity index (χ2n) is 8.02. The van der Waals surface area contributed by atoms with Crippen LogP contribution in [0.15, 0.2) is 83.8 Å². The number of hydrogen-bond donors (Lipinski definition) is 0. The lowest BCUT2D eigenvalue weighted by Gasteiger charge is -2.39. The van der Waals surface area contributed by atoms with Crippen molar-refractivity contribution in [1.29, 1.82) is 0 Å². The third-order valence-electron chi connectivity index (χ3n) is 5.80. The standard InChI is InChI=1S/C24H24FN3O4S/c25-20-9-11-21(12-10-20)27(33(31,32)24-7-2-1-3-8-24)22-13-15-26(16-14-22)18-19-5-4-6-23(17-19)28(29)30/h1-12,17,22H,13-16,18H2. The van der Waals surface area contributed by atoms with Gasteiger partial charge in [0.15, 0.2) is 0 Å². The largest absolute Gasteiger partial charge is 0.299 e. The van der Waals surface area contributed by atoms with Crippen molar-refractivity contribution >= 4 is 21.4 Å². The molecule has 0 bridgehead atoms. The second-order valence-corrected chi connectivity index (χ2v) is 9.84. The Kier molecular flexibility index (Phi) is 6.71. The highest BCUT2D eigenvalue weighted by Gasteiger charge is 2.34. The van der Waals surface area contributed by atoms with E-state index >= 15 is 0 Å². The van der Waals surface area contributed by atoms with Crippen LogP contribution in [0.1, 0.15) is 18.4 Å². The van der Waals surface area contributed by atoms with Crippen molar-refractivity contribution in [2.45, 2.75) is 30.3 Å². The Morgan fingerprint density at radius 3 is 2.27 bits per heavy atom. The number of benzene rings is 3. The van der Waals surface area contributed by atoms with Crippen LogP contribution in [0.4, 0.5) is 15.8 Å². The quantitative estimate of drug-likeness (QED) is 0.373. The second kappa shape index (κ2) is 9.68. The molecule has 0 unspecified atom stereocenters. The van der Waals surface area contributed by atoms with Gasteiger partial charge in [-0.2, -0.15) is 0 Å². The minimum absolute atomic E-state index is 0.0545. The molecule has 172 valence electrons. The molecule has 7 nitrogen and oxygen atoms in total. The molecule has 3 aromatic rings. The molecule has 0 amide bonds. The van der Waals surface area contributed by atoms with Gasteiger partial charge in [-0.25, -0.2) is 12.8 Å². The van der Waals surface area contributed by atoms with Gasteiger partial charge in [-0.05, 0) is 54.8 Å². The SMILES string of the molecule is O=[N+]([O-])c1cccc(CN2CCC(N(c3ccc(F)cc3)S(=O)(=O)c3ccccc3)CC2)c1. The molecule has 3 aromatic carbocycles. The fourth-order valence-electron chi connectivity index (χ4n) is 4.18. The molecule has 0 aliphatic carbocycles. The van der Waals surface area contributed by atoms with Crippen molar-refractivity contribution in [2.75, 3.05) is 17.4 Å². The fraction of sp³-hybridized carbons (Fsp3) is 0.250. The smallest absolute Gasteiger partial charge is 0.269 e. The van der Waals surface area contributed by atoms with Crippen molar-refractivity contribution in [3.8, 4) is 0 Å². The van der Waals surface area contributed by atoms with Crippen molar-refractivity contribution < 1.29 is 17.7 Å². The molecule has 0 radical (unpaired) electrons. The average Bonchev–Trinajstić information content (AvgIpc) is 2.82. The summed E-state index contributed by atoms with van der Waals surface area (Å²) < 4.78 is 42.0. The van der Waals surface area contributed by atoms with E-state index in [1.165, 1.54) is 34.6 Å². The van der Waals surface area contributed by atoms with Gasteiger partial charge >= 0.3 is 0 Å². The number of halogens is 1. The third kappa shape index (κ3) is 5.20. The van der Waals surface area contributed by atoms with E-state index in [0.717, 1.165) is 5.56 Å². The third-order valence-corrected chi connectivity index (χ3v) is 7.69. The Hall–Kier alpha value is -3.30. The predicted octanol–water partition coefficient (Wildman–Crippen LogP) is 4.59. The lowest BCUT2D eigenvalue weighted by atomic mass is 10.0.